The number of hydrogen-bond acceptors (Lipinski definition) is 2. The SMILES string of the molecule is CCC(C)NC(CO)c1c(F)cccc1F. The molecule has 0 amide bonds. The van der Waals surface area contributed by atoms with Gasteiger partial charge in [0.15, 0.2) is 0 Å². The summed E-state index contributed by atoms with van der Waals surface area (Å²) in [5.74, 6) is -1.26. The number of halogens is 2. The lowest BCUT2D eigenvalue weighted by Gasteiger charge is -2.21. The van der Waals surface area contributed by atoms with Crippen LogP contribution in [0.15, 0.2) is 18.2 Å². The van der Waals surface area contributed by atoms with Gasteiger partial charge in [0.25, 0.3) is 0 Å². The lowest BCUT2D eigenvalue weighted by atomic mass is 10.0. The number of aliphatic hydroxyl groups excluding tert-OH is 1. The molecule has 1 aromatic rings. The van der Waals surface area contributed by atoms with Gasteiger partial charge in [-0.3, -0.25) is 0 Å². The maximum Gasteiger partial charge on any atom is 0.131 e. The van der Waals surface area contributed by atoms with Gasteiger partial charge in [-0.25, -0.2) is 8.78 Å². The lowest BCUT2D eigenvalue weighted by molar-refractivity contribution is 0.227. The first-order chi connectivity index (χ1) is 7.60. The van der Waals surface area contributed by atoms with Gasteiger partial charge < -0.3 is 10.4 Å². The molecule has 90 valence electrons. The molecule has 2 atom stereocenters. The van der Waals surface area contributed by atoms with Crippen molar-refractivity contribution in [2.45, 2.75) is 32.4 Å². The van der Waals surface area contributed by atoms with Crippen molar-refractivity contribution < 1.29 is 13.9 Å². The fourth-order valence-corrected chi connectivity index (χ4v) is 1.53. The fraction of sp³-hybridized carbons (Fsp3) is 0.500. The molecule has 0 bridgehead atoms. The molecule has 0 spiro atoms. The van der Waals surface area contributed by atoms with E-state index in [1.54, 1.807) is 0 Å². The van der Waals surface area contributed by atoms with Crippen LogP contribution in [0.3, 0.4) is 0 Å². The van der Waals surface area contributed by atoms with Gasteiger partial charge in [0.05, 0.1) is 12.6 Å². The average molecular weight is 229 g/mol. The van der Waals surface area contributed by atoms with Crippen LogP contribution in [-0.4, -0.2) is 17.8 Å². The van der Waals surface area contributed by atoms with Crippen LogP contribution in [0.1, 0.15) is 31.9 Å². The van der Waals surface area contributed by atoms with E-state index in [1.165, 1.54) is 18.2 Å². The molecule has 1 rings (SSSR count). The Morgan fingerprint density at radius 2 is 1.88 bits per heavy atom. The summed E-state index contributed by atoms with van der Waals surface area (Å²) in [4.78, 5) is 0. The highest BCUT2D eigenvalue weighted by molar-refractivity contribution is 5.23. The Bertz CT molecular complexity index is 324. The predicted octanol–water partition coefficient (Wildman–Crippen LogP) is 2.39. The first-order valence-electron chi connectivity index (χ1n) is 5.41. The fourth-order valence-electron chi connectivity index (χ4n) is 1.53. The third kappa shape index (κ3) is 3.00. The molecular formula is C12H17F2NO. The van der Waals surface area contributed by atoms with Gasteiger partial charge in [0.1, 0.15) is 11.6 Å². The summed E-state index contributed by atoms with van der Waals surface area (Å²) in [6.45, 7) is 3.54. The number of aliphatic hydroxyl groups is 1. The van der Waals surface area contributed by atoms with Crippen LogP contribution in [0.5, 0.6) is 0 Å². The zero-order valence-corrected chi connectivity index (χ0v) is 9.50. The molecule has 0 aliphatic carbocycles. The molecule has 2 unspecified atom stereocenters. The summed E-state index contributed by atoms with van der Waals surface area (Å²) in [6.07, 6.45) is 0.826. The Morgan fingerprint density at radius 3 is 2.31 bits per heavy atom. The van der Waals surface area contributed by atoms with Crippen LogP contribution >= 0.6 is 0 Å². The third-order valence-corrected chi connectivity index (χ3v) is 2.63. The van der Waals surface area contributed by atoms with E-state index in [-0.39, 0.29) is 18.2 Å². The van der Waals surface area contributed by atoms with E-state index in [0.29, 0.717) is 0 Å². The number of benzene rings is 1. The second-order valence-electron chi connectivity index (χ2n) is 3.85. The molecule has 1 aromatic carbocycles. The van der Waals surface area contributed by atoms with Gasteiger partial charge >= 0.3 is 0 Å². The largest absolute Gasteiger partial charge is 0.394 e. The van der Waals surface area contributed by atoms with Crippen molar-refractivity contribution >= 4 is 0 Å². The van der Waals surface area contributed by atoms with Gasteiger partial charge in [0, 0.05) is 11.6 Å². The monoisotopic (exact) mass is 229 g/mol. The Morgan fingerprint density at radius 1 is 1.31 bits per heavy atom. The average Bonchev–Trinajstić information content (AvgIpc) is 2.27. The molecule has 0 aliphatic rings. The first-order valence-corrected chi connectivity index (χ1v) is 5.41. The highest BCUT2D eigenvalue weighted by Crippen LogP contribution is 2.21. The zero-order valence-electron chi connectivity index (χ0n) is 9.50. The van der Waals surface area contributed by atoms with E-state index in [4.69, 9.17) is 0 Å². The lowest BCUT2D eigenvalue weighted by Crippen LogP contribution is -2.33. The Kier molecular flexibility index (Phi) is 4.83. The highest BCUT2D eigenvalue weighted by atomic mass is 19.1. The van der Waals surface area contributed by atoms with Gasteiger partial charge in [-0.15, -0.1) is 0 Å². The molecule has 0 fully saturated rings. The van der Waals surface area contributed by atoms with E-state index < -0.39 is 17.7 Å². The van der Waals surface area contributed by atoms with E-state index in [0.717, 1.165) is 6.42 Å². The summed E-state index contributed by atoms with van der Waals surface area (Å²) >= 11 is 0. The minimum Gasteiger partial charge on any atom is -0.394 e. The third-order valence-electron chi connectivity index (χ3n) is 2.63. The predicted molar refractivity (Wildman–Crippen MR) is 59.1 cm³/mol. The van der Waals surface area contributed by atoms with Gasteiger partial charge in [-0.2, -0.15) is 0 Å². The van der Waals surface area contributed by atoms with Gasteiger partial charge in [0.2, 0.25) is 0 Å². The van der Waals surface area contributed by atoms with Crippen molar-refractivity contribution in [3.63, 3.8) is 0 Å². The van der Waals surface area contributed by atoms with Crippen LogP contribution in [0, 0.1) is 11.6 Å². The quantitative estimate of drug-likeness (QED) is 0.812. The molecule has 2 nitrogen and oxygen atoms in total. The van der Waals surface area contributed by atoms with E-state index in [2.05, 4.69) is 5.32 Å². The Balaban J connectivity index is 2.94. The highest BCUT2D eigenvalue weighted by Gasteiger charge is 2.20. The molecule has 0 heterocycles. The normalized spacial score (nSPS) is 14.8. The summed E-state index contributed by atoms with van der Waals surface area (Å²) in [6, 6.07) is 3.09. The molecule has 0 radical (unpaired) electrons. The van der Waals surface area contributed by atoms with Crippen LogP contribution in [0.2, 0.25) is 0 Å². The Labute approximate surface area is 94.3 Å². The van der Waals surface area contributed by atoms with Gasteiger partial charge in [-0.05, 0) is 25.5 Å². The molecule has 0 saturated heterocycles. The molecule has 16 heavy (non-hydrogen) atoms. The maximum atomic E-state index is 13.5. The van der Waals surface area contributed by atoms with Crippen LogP contribution < -0.4 is 5.32 Å². The Hall–Kier alpha value is -1.00. The van der Waals surface area contributed by atoms with Crippen molar-refractivity contribution in [3.05, 3.63) is 35.4 Å². The molecule has 2 N–H and O–H groups in total. The van der Waals surface area contributed by atoms with Crippen LogP contribution in [-0.2, 0) is 0 Å². The van der Waals surface area contributed by atoms with Crippen molar-refractivity contribution in [3.8, 4) is 0 Å². The van der Waals surface area contributed by atoms with Crippen molar-refractivity contribution in [1.82, 2.24) is 5.32 Å². The standard InChI is InChI=1S/C12H17F2NO/c1-3-8(2)15-11(7-16)12-9(13)5-4-6-10(12)14/h4-6,8,11,15-16H,3,7H2,1-2H3. The second kappa shape index (κ2) is 5.92. The molecule has 0 aromatic heterocycles. The number of hydrogen-bond donors (Lipinski definition) is 2. The van der Waals surface area contributed by atoms with Crippen molar-refractivity contribution in [1.29, 1.82) is 0 Å². The number of rotatable bonds is 5. The maximum absolute atomic E-state index is 13.5. The molecule has 0 saturated carbocycles. The van der Waals surface area contributed by atoms with E-state index in [9.17, 15) is 13.9 Å². The summed E-state index contributed by atoms with van der Waals surface area (Å²) in [7, 11) is 0. The van der Waals surface area contributed by atoms with Crippen molar-refractivity contribution in [2.24, 2.45) is 0 Å². The topological polar surface area (TPSA) is 32.3 Å². The van der Waals surface area contributed by atoms with Crippen LogP contribution in [0.25, 0.3) is 0 Å². The second-order valence-corrected chi connectivity index (χ2v) is 3.85. The first kappa shape index (κ1) is 13.1. The smallest absolute Gasteiger partial charge is 0.131 e. The summed E-state index contributed by atoms with van der Waals surface area (Å²) in [5, 5.41) is 12.2. The van der Waals surface area contributed by atoms with Crippen LogP contribution in [0.4, 0.5) is 8.78 Å². The van der Waals surface area contributed by atoms with Crippen molar-refractivity contribution in [2.75, 3.05) is 6.61 Å². The molecular weight excluding hydrogens is 212 g/mol. The molecule has 0 aliphatic heterocycles. The van der Waals surface area contributed by atoms with Gasteiger partial charge in [-0.1, -0.05) is 13.0 Å². The summed E-state index contributed by atoms with van der Waals surface area (Å²) in [5.41, 5.74) is -0.0923. The summed E-state index contributed by atoms with van der Waals surface area (Å²) < 4.78 is 26.9. The molecule has 4 heteroatoms. The minimum atomic E-state index is -0.698. The number of nitrogens with one attached hydrogen (secondary N) is 1. The van der Waals surface area contributed by atoms with E-state index in [1.807, 2.05) is 13.8 Å². The van der Waals surface area contributed by atoms with E-state index >= 15 is 0 Å². The zero-order chi connectivity index (χ0) is 12.1. The minimum absolute atomic E-state index is 0.0923.